The van der Waals surface area contributed by atoms with Crippen LogP contribution in [0.3, 0.4) is 0 Å². The zero-order valence-electron chi connectivity index (χ0n) is 11.5. The Balaban J connectivity index is 1.79. The van der Waals surface area contributed by atoms with Gasteiger partial charge in [0.2, 0.25) is 0 Å². The smallest absolute Gasteiger partial charge is 0.365 e. The van der Waals surface area contributed by atoms with Crippen LogP contribution < -0.4 is 10.6 Å². The van der Waals surface area contributed by atoms with E-state index in [1.807, 2.05) is 18.2 Å². The second-order valence-corrected chi connectivity index (χ2v) is 6.02. The second-order valence-electron chi connectivity index (χ2n) is 5.11. The molecule has 1 aromatic carbocycles. The van der Waals surface area contributed by atoms with Gasteiger partial charge < -0.3 is 10.6 Å². The highest BCUT2D eigenvalue weighted by molar-refractivity contribution is 9.10. The first-order chi connectivity index (χ1) is 10.4. The zero-order valence-corrected chi connectivity index (χ0v) is 13.1. The van der Waals surface area contributed by atoms with Gasteiger partial charge in [-0.05, 0) is 38.7 Å². The molecule has 0 saturated carbocycles. The summed E-state index contributed by atoms with van der Waals surface area (Å²) in [5, 5.41) is 6.02. The maximum Gasteiger partial charge on any atom is 0.419 e. The van der Waals surface area contributed by atoms with E-state index in [0.717, 1.165) is 24.7 Å². The molecule has 3 nitrogen and oxygen atoms in total. The molecule has 0 bridgehead atoms. The number of rotatable bonds is 3. The highest BCUT2D eigenvalue weighted by atomic mass is 79.9. The van der Waals surface area contributed by atoms with E-state index in [2.05, 4.69) is 31.5 Å². The van der Waals surface area contributed by atoms with Crippen LogP contribution in [0, 0.1) is 0 Å². The first-order valence-electron chi connectivity index (χ1n) is 6.71. The lowest BCUT2D eigenvalue weighted by Gasteiger charge is -2.14. The van der Waals surface area contributed by atoms with Crippen LogP contribution in [0.5, 0.6) is 0 Å². The lowest BCUT2D eigenvalue weighted by atomic mass is 10.1. The summed E-state index contributed by atoms with van der Waals surface area (Å²) in [5.74, 6) is -0.158. The van der Waals surface area contributed by atoms with Crippen LogP contribution in [0.2, 0.25) is 0 Å². The Hall–Kier alpha value is -1.60. The van der Waals surface area contributed by atoms with Crippen LogP contribution in [-0.4, -0.2) is 4.98 Å². The molecule has 0 fully saturated rings. The first kappa shape index (κ1) is 15.3. The molecule has 0 amide bonds. The van der Waals surface area contributed by atoms with Crippen molar-refractivity contribution in [3.63, 3.8) is 0 Å². The fourth-order valence-electron chi connectivity index (χ4n) is 2.44. The average Bonchev–Trinajstić information content (AvgIpc) is 2.92. The quantitative estimate of drug-likeness (QED) is 0.853. The summed E-state index contributed by atoms with van der Waals surface area (Å²) in [6.45, 7) is 1.94. The summed E-state index contributed by atoms with van der Waals surface area (Å²) >= 11 is 3.02. The number of anilines is 1. The number of pyridine rings is 1. The second kappa shape index (κ2) is 5.89. The molecular weight excluding hydrogens is 359 g/mol. The Morgan fingerprint density at radius 1 is 1.18 bits per heavy atom. The molecule has 1 aromatic heterocycles. The number of alkyl halides is 3. The van der Waals surface area contributed by atoms with E-state index in [-0.39, 0.29) is 5.82 Å². The zero-order chi connectivity index (χ0) is 15.7. The van der Waals surface area contributed by atoms with E-state index in [4.69, 9.17) is 0 Å². The van der Waals surface area contributed by atoms with E-state index in [0.29, 0.717) is 11.0 Å². The fourth-order valence-corrected chi connectivity index (χ4v) is 2.77. The standard InChI is InChI=1S/C15H13BrF3N3/c16-12-4-13(15(17,18)19)14(22-8-12)21-5-9-1-2-10-6-20-7-11(10)3-9/h1-4,8,20H,5-7H2,(H,21,22). The van der Waals surface area contributed by atoms with Crippen LogP contribution in [0.1, 0.15) is 22.3 Å². The molecule has 0 atom stereocenters. The van der Waals surface area contributed by atoms with Gasteiger partial charge in [-0.1, -0.05) is 18.2 Å². The van der Waals surface area contributed by atoms with E-state index < -0.39 is 11.7 Å². The van der Waals surface area contributed by atoms with E-state index in [1.54, 1.807) is 0 Å². The number of nitrogens with zero attached hydrogens (tertiary/aromatic N) is 1. The normalized spacial score (nSPS) is 14.0. The van der Waals surface area contributed by atoms with Crippen LogP contribution in [0.15, 0.2) is 34.9 Å². The van der Waals surface area contributed by atoms with Gasteiger partial charge >= 0.3 is 6.18 Å². The molecule has 3 rings (SSSR count). The highest BCUT2D eigenvalue weighted by Gasteiger charge is 2.34. The molecule has 0 radical (unpaired) electrons. The molecule has 116 valence electrons. The molecule has 2 heterocycles. The Morgan fingerprint density at radius 2 is 1.95 bits per heavy atom. The van der Waals surface area contributed by atoms with Gasteiger partial charge in [0.15, 0.2) is 0 Å². The third-order valence-electron chi connectivity index (χ3n) is 3.52. The van der Waals surface area contributed by atoms with Gasteiger partial charge in [-0.3, -0.25) is 0 Å². The Labute approximate surface area is 134 Å². The van der Waals surface area contributed by atoms with Gasteiger partial charge in [0, 0.05) is 30.3 Å². The van der Waals surface area contributed by atoms with E-state index in [1.165, 1.54) is 17.3 Å². The van der Waals surface area contributed by atoms with Crippen LogP contribution in [0.4, 0.5) is 19.0 Å². The van der Waals surface area contributed by atoms with Crippen molar-refractivity contribution in [3.8, 4) is 0 Å². The van der Waals surface area contributed by atoms with Gasteiger partial charge in [-0.2, -0.15) is 13.2 Å². The number of fused-ring (bicyclic) bond motifs is 1. The SMILES string of the molecule is FC(F)(F)c1cc(Br)cnc1NCc1ccc2c(c1)CNC2. The first-order valence-corrected chi connectivity index (χ1v) is 7.51. The summed E-state index contributed by atoms with van der Waals surface area (Å²) in [4.78, 5) is 3.84. The molecule has 0 unspecified atom stereocenters. The average molecular weight is 372 g/mol. The van der Waals surface area contributed by atoms with Crippen molar-refractivity contribution in [1.29, 1.82) is 0 Å². The predicted molar refractivity (Wildman–Crippen MR) is 81.3 cm³/mol. The molecule has 1 aliphatic rings. The molecule has 7 heteroatoms. The van der Waals surface area contributed by atoms with Crippen molar-refractivity contribution in [1.82, 2.24) is 10.3 Å². The van der Waals surface area contributed by atoms with Crippen molar-refractivity contribution in [3.05, 3.63) is 57.2 Å². The number of aromatic nitrogens is 1. The lowest BCUT2D eigenvalue weighted by molar-refractivity contribution is -0.137. The Morgan fingerprint density at radius 3 is 2.73 bits per heavy atom. The van der Waals surface area contributed by atoms with E-state index in [9.17, 15) is 13.2 Å². The third kappa shape index (κ3) is 3.25. The maximum absolute atomic E-state index is 13.0. The topological polar surface area (TPSA) is 37.0 Å². The van der Waals surface area contributed by atoms with Crippen LogP contribution in [-0.2, 0) is 25.8 Å². The number of benzene rings is 1. The van der Waals surface area contributed by atoms with Crippen molar-refractivity contribution in [2.45, 2.75) is 25.8 Å². The van der Waals surface area contributed by atoms with Crippen molar-refractivity contribution < 1.29 is 13.2 Å². The predicted octanol–water partition coefficient (Wildman–Crippen LogP) is 4.08. The minimum Gasteiger partial charge on any atom is -0.365 e. The van der Waals surface area contributed by atoms with Gasteiger partial charge in [0.1, 0.15) is 5.82 Å². The molecule has 0 saturated heterocycles. The van der Waals surface area contributed by atoms with Crippen molar-refractivity contribution >= 4 is 21.7 Å². The molecule has 22 heavy (non-hydrogen) atoms. The van der Waals surface area contributed by atoms with Gasteiger partial charge in [-0.15, -0.1) is 0 Å². The van der Waals surface area contributed by atoms with Gasteiger partial charge in [-0.25, -0.2) is 4.98 Å². The minimum absolute atomic E-state index is 0.158. The summed E-state index contributed by atoms with van der Waals surface area (Å²) in [5.41, 5.74) is 2.59. The molecule has 1 aliphatic heterocycles. The summed E-state index contributed by atoms with van der Waals surface area (Å²) in [6, 6.07) is 6.97. The van der Waals surface area contributed by atoms with Gasteiger partial charge in [0.25, 0.3) is 0 Å². The molecule has 2 aromatic rings. The van der Waals surface area contributed by atoms with Crippen LogP contribution >= 0.6 is 15.9 Å². The maximum atomic E-state index is 13.0. The summed E-state index contributed by atoms with van der Waals surface area (Å²) < 4.78 is 39.4. The molecule has 0 aliphatic carbocycles. The van der Waals surface area contributed by atoms with Crippen LogP contribution in [0.25, 0.3) is 0 Å². The minimum atomic E-state index is -4.44. The van der Waals surface area contributed by atoms with E-state index >= 15 is 0 Å². The Bertz CT molecular complexity index is 701. The Kier molecular flexibility index (Phi) is 4.10. The van der Waals surface area contributed by atoms with Gasteiger partial charge in [0.05, 0.1) is 5.56 Å². The number of halogens is 4. The lowest BCUT2D eigenvalue weighted by Crippen LogP contribution is -2.12. The molecular formula is C15H13BrF3N3. The number of hydrogen-bond acceptors (Lipinski definition) is 3. The molecule has 0 spiro atoms. The highest BCUT2D eigenvalue weighted by Crippen LogP contribution is 2.35. The monoisotopic (exact) mass is 371 g/mol. The number of nitrogens with one attached hydrogen (secondary N) is 2. The van der Waals surface area contributed by atoms with Crippen molar-refractivity contribution in [2.24, 2.45) is 0 Å². The summed E-state index contributed by atoms with van der Waals surface area (Å²) in [7, 11) is 0. The largest absolute Gasteiger partial charge is 0.419 e. The third-order valence-corrected chi connectivity index (χ3v) is 3.95. The van der Waals surface area contributed by atoms with Crippen molar-refractivity contribution in [2.75, 3.05) is 5.32 Å². The summed E-state index contributed by atoms with van der Waals surface area (Å²) in [6.07, 6.45) is -3.09. The molecule has 2 N–H and O–H groups in total. The fraction of sp³-hybridized carbons (Fsp3) is 0.267. The number of hydrogen-bond donors (Lipinski definition) is 2.